The molecule has 116 valence electrons. The van der Waals surface area contributed by atoms with Crippen molar-refractivity contribution in [1.29, 1.82) is 0 Å². The zero-order valence-electron chi connectivity index (χ0n) is 12.6. The van der Waals surface area contributed by atoms with Crippen LogP contribution in [0.4, 0.5) is 0 Å². The topological polar surface area (TPSA) is 55.4 Å². The second-order valence-corrected chi connectivity index (χ2v) is 6.69. The van der Waals surface area contributed by atoms with Crippen molar-refractivity contribution in [3.63, 3.8) is 0 Å². The SMILES string of the molecule is C[C@H]1[C@H](C)CCC[C@@H]1NC(=O)COC(=O)Cc1ccsc1. The van der Waals surface area contributed by atoms with E-state index in [-0.39, 0.29) is 30.9 Å². The molecule has 2 rings (SSSR count). The summed E-state index contributed by atoms with van der Waals surface area (Å²) in [6.45, 7) is 4.22. The third-order valence-electron chi connectivity index (χ3n) is 4.35. The molecule has 3 atom stereocenters. The monoisotopic (exact) mass is 309 g/mol. The smallest absolute Gasteiger partial charge is 0.310 e. The summed E-state index contributed by atoms with van der Waals surface area (Å²) in [5.74, 6) is 0.558. The Labute approximate surface area is 129 Å². The van der Waals surface area contributed by atoms with Gasteiger partial charge in [0, 0.05) is 6.04 Å². The van der Waals surface area contributed by atoms with Crippen molar-refractivity contribution >= 4 is 23.2 Å². The second kappa shape index (κ2) is 7.59. The molecule has 1 amide bonds. The third kappa shape index (κ3) is 4.84. The number of hydrogen-bond donors (Lipinski definition) is 1. The molecule has 0 saturated heterocycles. The highest BCUT2D eigenvalue weighted by molar-refractivity contribution is 7.07. The van der Waals surface area contributed by atoms with Gasteiger partial charge in [0.1, 0.15) is 0 Å². The van der Waals surface area contributed by atoms with Crippen LogP contribution in [0.3, 0.4) is 0 Å². The van der Waals surface area contributed by atoms with E-state index in [1.807, 2.05) is 16.8 Å². The fourth-order valence-electron chi connectivity index (χ4n) is 2.79. The van der Waals surface area contributed by atoms with Gasteiger partial charge < -0.3 is 10.1 Å². The van der Waals surface area contributed by atoms with E-state index in [2.05, 4.69) is 19.2 Å². The van der Waals surface area contributed by atoms with Crippen LogP contribution in [0.1, 0.15) is 38.7 Å². The molecule has 1 fully saturated rings. The molecule has 0 bridgehead atoms. The van der Waals surface area contributed by atoms with Gasteiger partial charge in [0.25, 0.3) is 5.91 Å². The summed E-state index contributed by atoms with van der Waals surface area (Å²) in [5.41, 5.74) is 0.931. The highest BCUT2D eigenvalue weighted by Gasteiger charge is 2.28. The third-order valence-corrected chi connectivity index (χ3v) is 5.08. The van der Waals surface area contributed by atoms with Crippen molar-refractivity contribution in [3.05, 3.63) is 22.4 Å². The van der Waals surface area contributed by atoms with E-state index in [0.29, 0.717) is 11.8 Å². The van der Waals surface area contributed by atoms with Gasteiger partial charge in [-0.3, -0.25) is 9.59 Å². The summed E-state index contributed by atoms with van der Waals surface area (Å²) in [5, 5.41) is 6.83. The lowest BCUT2D eigenvalue weighted by molar-refractivity contribution is -0.148. The lowest BCUT2D eigenvalue weighted by Crippen LogP contribution is -2.45. The Kier molecular flexibility index (Phi) is 5.79. The highest BCUT2D eigenvalue weighted by Crippen LogP contribution is 2.29. The van der Waals surface area contributed by atoms with Gasteiger partial charge in [-0.2, -0.15) is 11.3 Å². The van der Waals surface area contributed by atoms with E-state index in [4.69, 9.17) is 4.74 Å². The van der Waals surface area contributed by atoms with Crippen molar-refractivity contribution in [3.8, 4) is 0 Å². The number of ether oxygens (including phenoxy) is 1. The van der Waals surface area contributed by atoms with Crippen molar-refractivity contribution in [1.82, 2.24) is 5.32 Å². The molecule has 21 heavy (non-hydrogen) atoms. The summed E-state index contributed by atoms with van der Waals surface area (Å²) in [6, 6.07) is 2.09. The first-order chi connectivity index (χ1) is 10.1. The van der Waals surface area contributed by atoms with Crippen LogP contribution in [0.15, 0.2) is 16.8 Å². The Balaban J connectivity index is 1.70. The minimum Gasteiger partial charge on any atom is -0.455 e. The predicted octanol–water partition coefficient (Wildman–Crippen LogP) is 2.77. The van der Waals surface area contributed by atoms with Crippen molar-refractivity contribution in [2.24, 2.45) is 11.8 Å². The summed E-state index contributed by atoms with van der Waals surface area (Å²) in [7, 11) is 0. The predicted molar refractivity (Wildman–Crippen MR) is 83.1 cm³/mol. The molecule has 0 unspecified atom stereocenters. The summed E-state index contributed by atoms with van der Waals surface area (Å²) in [4.78, 5) is 23.5. The fraction of sp³-hybridized carbons (Fsp3) is 0.625. The summed E-state index contributed by atoms with van der Waals surface area (Å²) >= 11 is 1.54. The van der Waals surface area contributed by atoms with Crippen molar-refractivity contribution < 1.29 is 14.3 Å². The Morgan fingerprint density at radius 1 is 1.38 bits per heavy atom. The zero-order chi connectivity index (χ0) is 15.2. The molecule has 0 spiro atoms. The minimum atomic E-state index is -0.353. The van der Waals surface area contributed by atoms with Crippen LogP contribution >= 0.6 is 11.3 Å². The van der Waals surface area contributed by atoms with Crippen LogP contribution in [0.25, 0.3) is 0 Å². The average molecular weight is 309 g/mol. The van der Waals surface area contributed by atoms with Crippen LogP contribution < -0.4 is 5.32 Å². The van der Waals surface area contributed by atoms with Crippen molar-refractivity contribution in [2.45, 2.75) is 45.6 Å². The molecule has 1 aromatic rings. The maximum atomic E-state index is 11.9. The molecule has 4 nitrogen and oxygen atoms in total. The van der Waals surface area contributed by atoms with Gasteiger partial charge in [0.05, 0.1) is 6.42 Å². The number of thiophene rings is 1. The molecule has 0 aromatic carbocycles. The maximum absolute atomic E-state index is 11.9. The molecule has 5 heteroatoms. The normalized spacial score (nSPS) is 25.3. The number of hydrogen-bond acceptors (Lipinski definition) is 4. The molecule has 1 aliphatic rings. The Bertz CT molecular complexity index is 472. The van der Waals surface area contributed by atoms with Crippen LogP contribution in [-0.4, -0.2) is 24.5 Å². The zero-order valence-corrected chi connectivity index (χ0v) is 13.4. The van der Waals surface area contributed by atoms with E-state index in [0.717, 1.165) is 18.4 Å². The van der Waals surface area contributed by atoms with E-state index in [9.17, 15) is 9.59 Å². The van der Waals surface area contributed by atoms with Gasteiger partial charge >= 0.3 is 5.97 Å². The maximum Gasteiger partial charge on any atom is 0.310 e. The summed E-state index contributed by atoms with van der Waals surface area (Å²) < 4.78 is 5.03. The molecule has 0 radical (unpaired) electrons. The van der Waals surface area contributed by atoms with Crippen LogP contribution in [-0.2, 0) is 20.7 Å². The van der Waals surface area contributed by atoms with Crippen molar-refractivity contribution in [2.75, 3.05) is 6.61 Å². The van der Waals surface area contributed by atoms with Crippen LogP contribution in [0, 0.1) is 11.8 Å². The van der Waals surface area contributed by atoms with Gasteiger partial charge in [0.2, 0.25) is 0 Å². The molecule has 1 heterocycles. The van der Waals surface area contributed by atoms with E-state index in [1.54, 1.807) is 11.3 Å². The van der Waals surface area contributed by atoms with Crippen LogP contribution in [0.2, 0.25) is 0 Å². The van der Waals surface area contributed by atoms with E-state index in [1.165, 1.54) is 6.42 Å². The molecule has 0 aliphatic heterocycles. The van der Waals surface area contributed by atoms with E-state index >= 15 is 0 Å². The number of carbonyl (C=O) groups excluding carboxylic acids is 2. The van der Waals surface area contributed by atoms with Gasteiger partial charge in [-0.25, -0.2) is 0 Å². The van der Waals surface area contributed by atoms with E-state index < -0.39 is 0 Å². The molecule has 1 aromatic heterocycles. The average Bonchev–Trinajstić information content (AvgIpc) is 2.94. The Morgan fingerprint density at radius 2 is 2.19 bits per heavy atom. The summed E-state index contributed by atoms with van der Waals surface area (Å²) in [6.07, 6.45) is 3.62. The minimum absolute atomic E-state index is 0.180. The van der Waals surface area contributed by atoms with Gasteiger partial charge in [0.15, 0.2) is 6.61 Å². The number of amides is 1. The fourth-order valence-corrected chi connectivity index (χ4v) is 3.46. The Hall–Kier alpha value is -1.36. The Morgan fingerprint density at radius 3 is 2.90 bits per heavy atom. The quantitative estimate of drug-likeness (QED) is 0.851. The van der Waals surface area contributed by atoms with Gasteiger partial charge in [-0.05, 0) is 40.6 Å². The standard InChI is InChI=1S/C16H23NO3S/c1-11-4-3-5-14(12(11)2)17-15(18)9-20-16(19)8-13-6-7-21-10-13/h6-7,10-12,14H,3-5,8-9H2,1-2H3,(H,17,18)/t11-,12+,14+/m1/s1. The number of carbonyl (C=O) groups is 2. The largest absolute Gasteiger partial charge is 0.455 e. The molecular formula is C16H23NO3S. The number of esters is 1. The molecule has 1 aliphatic carbocycles. The van der Waals surface area contributed by atoms with Crippen LogP contribution in [0.5, 0.6) is 0 Å². The first kappa shape index (κ1) is 16.0. The second-order valence-electron chi connectivity index (χ2n) is 5.91. The molecule has 1 N–H and O–H groups in total. The first-order valence-corrected chi connectivity index (χ1v) is 8.46. The molecular weight excluding hydrogens is 286 g/mol. The lowest BCUT2D eigenvalue weighted by atomic mass is 9.78. The van der Waals surface area contributed by atoms with Gasteiger partial charge in [-0.1, -0.05) is 26.7 Å². The number of rotatable bonds is 5. The van der Waals surface area contributed by atoms with Gasteiger partial charge in [-0.15, -0.1) is 0 Å². The highest BCUT2D eigenvalue weighted by atomic mass is 32.1. The number of nitrogens with one attached hydrogen (secondary N) is 1. The lowest BCUT2D eigenvalue weighted by Gasteiger charge is -2.34. The molecule has 1 saturated carbocycles. The first-order valence-electron chi connectivity index (χ1n) is 7.52.